The molecule has 1 amide bonds. The van der Waals surface area contributed by atoms with Crippen LogP contribution < -0.4 is 11.1 Å². The topological polar surface area (TPSA) is 55.1 Å². The summed E-state index contributed by atoms with van der Waals surface area (Å²) in [7, 11) is 0. The summed E-state index contributed by atoms with van der Waals surface area (Å²) in [4.78, 5) is 12.1. The quantitative estimate of drug-likeness (QED) is 0.828. The molecule has 0 saturated heterocycles. The Bertz CT molecular complexity index is 391. The maximum atomic E-state index is 12.1. The van der Waals surface area contributed by atoms with E-state index in [0.29, 0.717) is 0 Å². The fraction of sp³-hybridized carbons (Fsp3) is 0.562. The van der Waals surface area contributed by atoms with Crippen LogP contribution in [0.3, 0.4) is 0 Å². The van der Waals surface area contributed by atoms with Crippen LogP contribution >= 0.6 is 0 Å². The first-order chi connectivity index (χ1) is 8.97. The lowest BCUT2D eigenvalue weighted by atomic mass is 9.93. The number of benzene rings is 1. The first-order valence-electron chi connectivity index (χ1n) is 7.08. The molecule has 0 bridgehead atoms. The largest absolute Gasteiger partial charge is 0.352 e. The Balaban J connectivity index is 2.60. The maximum absolute atomic E-state index is 12.1. The van der Waals surface area contributed by atoms with Gasteiger partial charge in [-0.1, -0.05) is 57.5 Å². The van der Waals surface area contributed by atoms with E-state index in [1.165, 1.54) is 5.56 Å². The first kappa shape index (κ1) is 15.7. The molecule has 0 aliphatic rings. The van der Waals surface area contributed by atoms with Crippen molar-refractivity contribution in [2.24, 2.45) is 11.7 Å². The van der Waals surface area contributed by atoms with Gasteiger partial charge in [0, 0.05) is 12.0 Å². The van der Waals surface area contributed by atoms with Crippen LogP contribution in [0, 0.1) is 5.92 Å². The Morgan fingerprint density at radius 2 is 1.79 bits per heavy atom. The lowest BCUT2D eigenvalue weighted by molar-refractivity contribution is -0.124. The molecule has 4 unspecified atom stereocenters. The molecular weight excluding hydrogens is 236 g/mol. The van der Waals surface area contributed by atoms with E-state index in [4.69, 9.17) is 5.73 Å². The molecule has 0 aliphatic heterocycles. The highest BCUT2D eigenvalue weighted by atomic mass is 16.2. The van der Waals surface area contributed by atoms with Gasteiger partial charge in [-0.3, -0.25) is 4.79 Å². The van der Waals surface area contributed by atoms with Crippen LogP contribution in [0.4, 0.5) is 0 Å². The van der Waals surface area contributed by atoms with Gasteiger partial charge in [-0.2, -0.15) is 0 Å². The standard InChI is InChI=1S/C16H26N2O/c1-5-11(2)15(17)16(19)18-13(4)12(3)14-9-7-6-8-10-14/h6-13,15H,5,17H2,1-4H3,(H,18,19). The van der Waals surface area contributed by atoms with Gasteiger partial charge in [-0.15, -0.1) is 0 Å². The minimum Gasteiger partial charge on any atom is -0.352 e. The van der Waals surface area contributed by atoms with Gasteiger partial charge in [0.2, 0.25) is 5.91 Å². The van der Waals surface area contributed by atoms with Crippen molar-refractivity contribution in [2.45, 2.75) is 52.1 Å². The van der Waals surface area contributed by atoms with Crippen LogP contribution in [-0.4, -0.2) is 18.0 Å². The molecule has 0 radical (unpaired) electrons. The Morgan fingerprint density at radius 1 is 1.21 bits per heavy atom. The van der Waals surface area contributed by atoms with Crippen LogP contribution in [-0.2, 0) is 4.79 Å². The molecule has 3 heteroatoms. The van der Waals surface area contributed by atoms with E-state index < -0.39 is 6.04 Å². The summed E-state index contributed by atoms with van der Waals surface area (Å²) in [5, 5.41) is 3.03. The zero-order chi connectivity index (χ0) is 14.4. The van der Waals surface area contributed by atoms with Gasteiger partial charge in [0.1, 0.15) is 0 Å². The van der Waals surface area contributed by atoms with Gasteiger partial charge in [-0.25, -0.2) is 0 Å². The highest BCUT2D eigenvalue weighted by Crippen LogP contribution is 2.18. The molecule has 0 spiro atoms. The molecule has 106 valence electrons. The average Bonchev–Trinajstić information content (AvgIpc) is 2.45. The molecule has 3 nitrogen and oxygen atoms in total. The third-order valence-electron chi connectivity index (χ3n) is 4.01. The van der Waals surface area contributed by atoms with Gasteiger partial charge >= 0.3 is 0 Å². The van der Waals surface area contributed by atoms with Crippen molar-refractivity contribution >= 4 is 5.91 Å². The van der Waals surface area contributed by atoms with Crippen LogP contribution in [0.15, 0.2) is 30.3 Å². The summed E-state index contributed by atoms with van der Waals surface area (Å²) in [5.41, 5.74) is 7.18. The lowest BCUT2D eigenvalue weighted by Gasteiger charge is -2.25. The number of carbonyl (C=O) groups is 1. The second kappa shape index (κ2) is 7.29. The Labute approximate surface area is 116 Å². The summed E-state index contributed by atoms with van der Waals surface area (Å²) in [6.45, 7) is 8.21. The normalized spacial score (nSPS) is 17.3. The SMILES string of the molecule is CCC(C)C(N)C(=O)NC(C)C(C)c1ccccc1. The second-order valence-corrected chi connectivity index (χ2v) is 5.41. The molecule has 0 saturated carbocycles. The molecule has 1 rings (SSSR count). The molecule has 1 aromatic carbocycles. The molecule has 4 atom stereocenters. The molecule has 0 aromatic heterocycles. The van der Waals surface area contributed by atoms with Gasteiger partial charge in [0.05, 0.1) is 6.04 Å². The van der Waals surface area contributed by atoms with Gasteiger partial charge in [0.25, 0.3) is 0 Å². The van der Waals surface area contributed by atoms with Crippen molar-refractivity contribution in [3.63, 3.8) is 0 Å². The van der Waals surface area contributed by atoms with E-state index >= 15 is 0 Å². The van der Waals surface area contributed by atoms with E-state index in [0.717, 1.165) is 6.42 Å². The van der Waals surface area contributed by atoms with Crippen molar-refractivity contribution in [2.75, 3.05) is 0 Å². The number of nitrogens with two attached hydrogens (primary N) is 1. The summed E-state index contributed by atoms with van der Waals surface area (Å²) >= 11 is 0. The first-order valence-corrected chi connectivity index (χ1v) is 7.08. The molecule has 0 fully saturated rings. The predicted octanol–water partition coefficient (Wildman–Crippen LogP) is 2.67. The minimum atomic E-state index is -0.421. The fourth-order valence-electron chi connectivity index (χ4n) is 2.00. The van der Waals surface area contributed by atoms with Crippen LogP contribution in [0.5, 0.6) is 0 Å². The van der Waals surface area contributed by atoms with Crippen LogP contribution in [0.2, 0.25) is 0 Å². The highest BCUT2D eigenvalue weighted by molar-refractivity contribution is 5.82. The summed E-state index contributed by atoms with van der Waals surface area (Å²) in [6, 6.07) is 9.86. The van der Waals surface area contributed by atoms with Crippen molar-refractivity contribution in [3.8, 4) is 0 Å². The van der Waals surface area contributed by atoms with Gasteiger partial charge in [-0.05, 0) is 18.4 Å². The minimum absolute atomic E-state index is 0.0513. The van der Waals surface area contributed by atoms with Crippen molar-refractivity contribution in [1.29, 1.82) is 0 Å². The molecule has 0 aliphatic carbocycles. The second-order valence-electron chi connectivity index (χ2n) is 5.41. The Hall–Kier alpha value is -1.35. The van der Waals surface area contributed by atoms with Crippen molar-refractivity contribution in [1.82, 2.24) is 5.32 Å². The van der Waals surface area contributed by atoms with Gasteiger partial charge < -0.3 is 11.1 Å². The highest BCUT2D eigenvalue weighted by Gasteiger charge is 2.23. The third kappa shape index (κ3) is 4.35. The summed E-state index contributed by atoms with van der Waals surface area (Å²) < 4.78 is 0. The van der Waals surface area contributed by atoms with Gasteiger partial charge in [0.15, 0.2) is 0 Å². The average molecular weight is 262 g/mol. The van der Waals surface area contributed by atoms with Crippen LogP contribution in [0.25, 0.3) is 0 Å². The van der Waals surface area contributed by atoms with E-state index in [-0.39, 0.29) is 23.8 Å². The number of hydrogen-bond acceptors (Lipinski definition) is 2. The number of rotatable bonds is 6. The number of nitrogens with one attached hydrogen (secondary N) is 1. The molecule has 0 heterocycles. The molecule has 19 heavy (non-hydrogen) atoms. The third-order valence-corrected chi connectivity index (χ3v) is 4.01. The van der Waals surface area contributed by atoms with E-state index in [1.54, 1.807) is 0 Å². The predicted molar refractivity (Wildman–Crippen MR) is 79.9 cm³/mol. The molecular formula is C16H26N2O. The van der Waals surface area contributed by atoms with Crippen LogP contribution in [0.1, 0.15) is 45.6 Å². The smallest absolute Gasteiger partial charge is 0.237 e. The maximum Gasteiger partial charge on any atom is 0.237 e. The number of amides is 1. The van der Waals surface area contributed by atoms with E-state index in [9.17, 15) is 4.79 Å². The van der Waals surface area contributed by atoms with Crippen molar-refractivity contribution < 1.29 is 4.79 Å². The Kier molecular flexibility index (Phi) is 6.03. The van der Waals surface area contributed by atoms with E-state index in [2.05, 4.69) is 24.4 Å². The Morgan fingerprint density at radius 3 is 2.32 bits per heavy atom. The van der Waals surface area contributed by atoms with Crippen molar-refractivity contribution in [3.05, 3.63) is 35.9 Å². The summed E-state index contributed by atoms with van der Waals surface area (Å²) in [5.74, 6) is 0.429. The molecule has 1 aromatic rings. The molecule has 3 N–H and O–H groups in total. The zero-order valence-electron chi connectivity index (χ0n) is 12.4. The zero-order valence-corrected chi connectivity index (χ0v) is 12.4. The lowest BCUT2D eigenvalue weighted by Crippen LogP contribution is -2.48. The van der Waals surface area contributed by atoms with E-state index in [1.807, 2.05) is 39.0 Å². The monoisotopic (exact) mass is 262 g/mol. The number of hydrogen-bond donors (Lipinski definition) is 2. The number of carbonyl (C=O) groups excluding carboxylic acids is 1. The fourth-order valence-corrected chi connectivity index (χ4v) is 2.00. The summed E-state index contributed by atoms with van der Waals surface area (Å²) in [6.07, 6.45) is 0.914.